The average molecular weight is 797 g/mol. The largest absolute Gasteiger partial charge is 0.497 e. The number of likely N-dealkylation sites (tertiary alicyclic amines) is 1. The molecule has 0 spiro atoms. The van der Waals surface area contributed by atoms with Crippen LogP contribution in [-0.4, -0.2) is 61.3 Å². The highest BCUT2D eigenvalue weighted by molar-refractivity contribution is 5.77. The molecule has 0 aromatic heterocycles. The van der Waals surface area contributed by atoms with Crippen molar-refractivity contribution in [1.82, 2.24) is 10.2 Å². The number of amides is 2. The molecule has 318 valence electrons. The summed E-state index contributed by atoms with van der Waals surface area (Å²) >= 11 is 0. The summed E-state index contributed by atoms with van der Waals surface area (Å²) in [6.07, 6.45) is 23.8. The number of aliphatic hydroxyl groups excluding tert-OH is 1. The molecule has 0 radical (unpaired) electrons. The molecule has 58 heavy (non-hydrogen) atoms. The molecule has 2 atom stereocenters. The van der Waals surface area contributed by atoms with E-state index in [4.69, 9.17) is 14.2 Å². The van der Waals surface area contributed by atoms with Crippen molar-refractivity contribution in [3.63, 3.8) is 0 Å². The molecule has 3 aromatic carbocycles. The lowest BCUT2D eigenvalue weighted by Gasteiger charge is -2.44. The Hall–Kier alpha value is -4.14. The number of hydrogen-bond donors (Lipinski definition) is 2. The van der Waals surface area contributed by atoms with Crippen LogP contribution in [0, 0.1) is 0 Å². The van der Waals surface area contributed by atoms with E-state index in [0.717, 1.165) is 42.4 Å². The number of carbonyl (C=O) groups excluding carboxylic acids is 2. The maximum Gasteiger partial charge on any atom is 0.223 e. The molecule has 1 aliphatic rings. The summed E-state index contributed by atoms with van der Waals surface area (Å²) in [6.45, 7) is 3.42. The standard InChI is InChI=1S/C50H72N2O6/c1-4-5-6-7-8-9-10-11-12-13-14-15-16-17-22-27-48(54)51-37-24-19-23-28-49(55)52-39-44(53)38-47(52)50(42-29-33-45(56-2)34-30-42,43-31-35-46(57-3)36-32-43)58-40-41-25-20-18-21-26-41/h11-12,18,20-21,25-26,29-36,44,47,53H,4-10,13-17,19,22-24,27-28,37-40H2,1-3H3,(H,51,54). The van der Waals surface area contributed by atoms with Crippen LogP contribution in [0.1, 0.15) is 146 Å². The van der Waals surface area contributed by atoms with E-state index in [2.05, 4.69) is 24.4 Å². The number of β-amino-alcohol motifs (C(OH)–C–C–N with tert-alkyl or cyclic N) is 1. The molecule has 1 saturated heterocycles. The summed E-state index contributed by atoms with van der Waals surface area (Å²) < 4.78 is 18.1. The zero-order chi connectivity index (χ0) is 41.3. The molecule has 1 fully saturated rings. The van der Waals surface area contributed by atoms with Gasteiger partial charge in [-0.05, 0) is 92.3 Å². The van der Waals surface area contributed by atoms with Crippen molar-refractivity contribution in [2.24, 2.45) is 0 Å². The highest BCUT2D eigenvalue weighted by Crippen LogP contribution is 2.45. The van der Waals surface area contributed by atoms with Gasteiger partial charge in [-0.15, -0.1) is 0 Å². The Bertz CT molecular complexity index is 1550. The molecule has 8 heteroatoms. The summed E-state index contributed by atoms with van der Waals surface area (Å²) in [5, 5.41) is 14.2. The Kier molecular flexibility index (Phi) is 21.5. The number of nitrogens with zero attached hydrogens (tertiary/aromatic N) is 1. The first-order valence-corrected chi connectivity index (χ1v) is 22.3. The number of unbranched alkanes of at least 4 members (excludes halogenated alkanes) is 13. The molecule has 2 amide bonds. The number of methoxy groups -OCH3 is 2. The third-order valence-corrected chi connectivity index (χ3v) is 11.5. The molecule has 1 aliphatic heterocycles. The topological polar surface area (TPSA) is 97.3 Å². The van der Waals surface area contributed by atoms with Crippen LogP contribution in [0.15, 0.2) is 91.0 Å². The van der Waals surface area contributed by atoms with E-state index >= 15 is 0 Å². The predicted octanol–water partition coefficient (Wildman–Crippen LogP) is 10.8. The van der Waals surface area contributed by atoms with Crippen LogP contribution in [0.5, 0.6) is 11.5 Å². The molecule has 0 bridgehead atoms. The minimum Gasteiger partial charge on any atom is -0.497 e. The van der Waals surface area contributed by atoms with E-state index in [-0.39, 0.29) is 18.4 Å². The second kappa shape index (κ2) is 26.8. The Morgan fingerprint density at radius 2 is 1.24 bits per heavy atom. The highest BCUT2D eigenvalue weighted by atomic mass is 16.5. The number of hydrogen-bond acceptors (Lipinski definition) is 6. The maximum absolute atomic E-state index is 14.1. The summed E-state index contributed by atoms with van der Waals surface area (Å²) in [7, 11) is 3.28. The Balaban J connectivity index is 1.24. The maximum atomic E-state index is 14.1. The lowest BCUT2D eigenvalue weighted by Crippen LogP contribution is -2.52. The van der Waals surface area contributed by atoms with Crippen molar-refractivity contribution in [3.8, 4) is 11.5 Å². The van der Waals surface area contributed by atoms with E-state index in [1.807, 2.05) is 83.8 Å². The van der Waals surface area contributed by atoms with Gasteiger partial charge in [-0.3, -0.25) is 9.59 Å². The quantitative estimate of drug-likeness (QED) is 0.0536. The van der Waals surface area contributed by atoms with Crippen LogP contribution in [-0.2, 0) is 26.5 Å². The molecular weight excluding hydrogens is 725 g/mol. The van der Waals surface area contributed by atoms with Gasteiger partial charge in [0.05, 0.1) is 33.0 Å². The van der Waals surface area contributed by atoms with Crippen molar-refractivity contribution in [3.05, 3.63) is 108 Å². The minimum atomic E-state index is -1.10. The van der Waals surface area contributed by atoms with E-state index in [0.29, 0.717) is 50.3 Å². The predicted molar refractivity (Wildman–Crippen MR) is 235 cm³/mol. The van der Waals surface area contributed by atoms with Gasteiger partial charge in [0.15, 0.2) is 0 Å². The third-order valence-electron chi connectivity index (χ3n) is 11.5. The molecule has 1 heterocycles. The number of benzene rings is 3. The van der Waals surface area contributed by atoms with Gasteiger partial charge < -0.3 is 29.5 Å². The number of aliphatic hydroxyl groups is 1. The first kappa shape index (κ1) is 46.5. The molecule has 3 aromatic rings. The van der Waals surface area contributed by atoms with Crippen molar-refractivity contribution >= 4 is 11.8 Å². The molecular formula is C50H72N2O6. The Morgan fingerprint density at radius 3 is 1.83 bits per heavy atom. The fourth-order valence-electron chi connectivity index (χ4n) is 8.13. The van der Waals surface area contributed by atoms with Crippen LogP contribution in [0.25, 0.3) is 0 Å². The zero-order valence-corrected chi connectivity index (χ0v) is 35.8. The first-order chi connectivity index (χ1) is 28.4. The summed E-state index contributed by atoms with van der Waals surface area (Å²) in [5.74, 6) is 1.54. The van der Waals surface area contributed by atoms with Crippen molar-refractivity contribution in [2.45, 2.75) is 153 Å². The number of carbonyl (C=O) groups is 2. The Labute approximate surface area is 349 Å². The molecule has 0 saturated carbocycles. The van der Waals surface area contributed by atoms with Gasteiger partial charge in [-0.2, -0.15) is 0 Å². The average Bonchev–Trinajstić information content (AvgIpc) is 3.66. The van der Waals surface area contributed by atoms with Crippen LogP contribution in [0.2, 0.25) is 0 Å². The van der Waals surface area contributed by atoms with Crippen LogP contribution < -0.4 is 14.8 Å². The second-order valence-corrected chi connectivity index (χ2v) is 15.9. The molecule has 8 nitrogen and oxygen atoms in total. The molecule has 2 unspecified atom stereocenters. The fraction of sp³-hybridized carbons (Fsp3) is 0.560. The highest BCUT2D eigenvalue weighted by Gasteiger charge is 2.51. The lowest BCUT2D eigenvalue weighted by atomic mass is 9.78. The van der Waals surface area contributed by atoms with Gasteiger partial charge in [-0.25, -0.2) is 0 Å². The monoisotopic (exact) mass is 797 g/mol. The van der Waals surface area contributed by atoms with Gasteiger partial charge in [-0.1, -0.05) is 131 Å². The third kappa shape index (κ3) is 15.2. The first-order valence-electron chi connectivity index (χ1n) is 22.3. The lowest BCUT2D eigenvalue weighted by molar-refractivity contribution is -0.141. The van der Waals surface area contributed by atoms with E-state index in [1.165, 1.54) is 70.6 Å². The number of ether oxygens (including phenoxy) is 3. The molecule has 0 aliphatic carbocycles. The zero-order valence-electron chi connectivity index (χ0n) is 35.8. The fourth-order valence-corrected chi connectivity index (χ4v) is 8.13. The van der Waals surface area contributed by atoms with Gasteiger partial charge in [0.1, 0.15) is 17.1 Å². The summed E-state index contributed by atoms with van der Waals surface area (Å²) in [4.78, 5) is 28.4. The van der Waals surface area contributed by atoms with Crippen LogP contribution in [0.3, 0.4) is 0 Å². The van der Waals surface area contributed by atoms with Gasteiger partial charge in [0.2, 0.25) is 11.8 Å². The minimum absolute atomic E-state index is 0.00974. The van der Waals surface area contributed by atoms with E-state index in [1.54, 1.807) is 14.2 Å². The van der Waals surface area contributed by atoms with Gasteiger partial charge in [0.25, 0.3) is 0 Å². The second-order valence-electron chi connectivity index (χ2n) is 15.9. The van der Waals surface area contributed by atoms with Crippen molar-refractivity contribution in [1.29, 1.82) is 0 Å². The number of rotatable bonds is 29. The van der Waals surface area contributed by atoms with Crippen LogP contribution >= 0.6 is 0 Å². The van der Waals surface area contributed by atoms with E-state index < -0.39 is 17.7 Å². The number of allylic oxidation sites excluding steroid dienone is 2. The number of nitrogens with one attached hydrogen (secondary N) is 1. The summed E-state index contributed by atoms with van der Waals surface area (Å²) in [6, 6.07) is 25.2. The van der Waals surface area contributed by atoms with Crippen LogP contribution in [0.4, 0.5) is 0 Å². The van der Waals surface area contributed by atoms with Gasteiger partial charge in [0, 0.05) is 25.9 Å². The molecule has 2 N–H and O–H groups in total. The smallest absolute Gasteiger partial charge is 0.223 e. The van der Waals surface area contributed by atoms with Gasteiger partial charge >= 0.3 is 0 Å². The normalized spacial score (nSPS) is 15.6. The van der Waals surface area contributed by atoms with Crippen molar-refractivity contribution in [2.75, 3.05) is 27.3 Å². The van der Waals surface area contributed by atoms with E-state index in [9.17, 15) is 14.7 Å². The SMILES string of the molecule is CCCCCCCCC=CCCCCCCCC(=O)NCCCCCC(=O)N1CC(O)CC1C(OCc1ccccc1)(c1ccc(OC)cc1)c1ccc(OC)cc1. The van der Waals surface area contributed by atoms with Crippen molar-refractivity contribution < 1.29 is 28.9 Å². The Morgan fingerprint density at radius 1 is 0.707 bits per heavy atom. The summed E-state index contributed by atoms with van der Waals surface area (Å²) in [5.41, 5.74) is 1.63. The molecule has 4 rings (SSSR count).